The number of ether oxygens (including phenoxy) is 2. The van der Waals surface area contributed by atoms with Crippen molar-refractivity contribution in [3.63, 3.8) is 0 Å². The van der Waals surface area contributed by atoms with Gasteiger partial charge in [0.15, 0.2) is 11.5 Å². The summed E-state index contributed by atoms with van der Waals surface area (Å²) in [6.07, 6.45) is 11.2. The molecule has 13 nitrogen and oxygen atoms in total. The number of nitrogens with zero attached hydrogens (tertiary/aromatic N) is 5. The summed E-state index contributed by atoms with van der Waals surface area (Å²) in [5.74, 6) is 1.84. The van der Waals surface area contributed by atoms with E-state index in [1.54, 1.807) is 29.3 Å². The standard InChI is InChI=1S/C42H48N8O5/c1-5-28(30-7-6-8-31-32(30)21-44-23-34(31)50-18-16-37(51)48-42(50)53)15-17-49(4)24-26-9-12-29(13-10-26)47-40(52)33-22-45-41-39(38(33)46-25(2)3)54-36-19-27(20-43)11-14-35(36)55-41/h6-8,11,14,19,21-23,25-26,28-29H,5,9-10,12-13,15-18,24H2,1-4H3,(H,45,46)(H,47,52)(H,48,51,53). The van der Waals surface area contributed by atoms with Crippen LogP contribution in [0.5, 0.6) is 23.1 Å². The van der Waals surface area contributed by atoms with E-state index >= 15 is 0 Å². The molecule has 0 bridgehead atoms. The van der Waals surface area contributed by atoms with Crippen LogP contribution in [-0.4, -0.2) is 71.5 Å². The fourth-order valence-corrected chi connectivity index (χ4v) is 8.01. The van der Waals surface area contributed by atoms with E-state index in [1.165, 1.54) is 11.8 Å². The van der Waals surface area contributed by atoms with Crippen molar-refractivity contribution < 1.29 is 23.9 Å². The molecular formula is C42H48N8O5. The summed E-state index contributed by atoms with van der Waals surface area (Å²) < 4.78 is 12.2. The molecule has 2 fully saturated rings. The molecular weight excluding hydrogens is 697 g/mol. The molecule has 7 rings (SSSR count). The maximum atomic E-state index is 13.7. The first kappa shape index (κ1) is 37.6. The first-order chi connectivity index (χ1) is 26.6. The first-order valence-corrected chi connectivity index (χ1v) is 19.3. The predicted octanol–water partition coefficient (Wildman–Crippen LogP) is 7.47. The number of nitrogens with one attached hydrogen (secondary N) is 3. The van der Waals surface area contributed by atoms with Gasteiger partial charge in [0.05, 0.1) is 34.8 Å². The van der Waals surface area contributed by atoms with Gasteiger partial charge in [-0.1, -0.05) is 25.1 Å². The fraction of sp³-hybridized carbons (Fsp3) is 0.429. The Bertz CT molecular complexity index is 2140. The lowest BCUT2D eigenvalue weighted by Gasteiger charge is -2.32. The minimum Gasteiger partial charge on any atom is -0.445 e. The van der Waals surface area contributed by atoms with Gasteiger partial charge in [-0.2, -0.15) is 5.26 Å². The molecule has 0 spiro atoms. The Labute approximate surface area is 321 Å². The Balaban J connectivity index is 0.939. The van der Waals surface area contributed by atoms with Crippen molar-refractivity contribution >= 4 is 40.0 Å². The zero-order valence-corrected chi connectivity index (χ0v) is 31.9. The van der Waals surface area contributed by atoms with E-state index in [0.717, 1.165) is 68.1 Å². The molecule has 1 aliphatic carbocycles. The number of rotatable bonds is 12. The summed E-state index contributed by atoms with van der Waals surface area (Å²) in [4.78, 5) is 51.1. The van der Waals surface area contributed by atoms with Gasteiger partial charge < -0.3 is 25.0 Å². The van der Waals surface area contributed by atoms with E-state index in [1.807, 2.05) is 26.1 Å². The lowest BCUT2D eigenvalue weighted by Crippen LogP contribution is -2.49. The van der Waals surface area contributed by atoms with E-state index < -0.39 is 6.03 Å². The molecule has 4 aromatic rings. The van der Waals surface area contributed by atoms with Crippen molar-refractivity contribution in [2.24, 2.45) is 5.92 Å². The number of hydrogen-bond acceptors (Lipinski definition) is 10. The van der Waals surface area contributed by atoms with Crippen LogP contribution in [0.3, 0.4) is 0 Å². The first-order valence-electron chi connectivity index (χ1n) is 19.3. The highest BCUT2D eigenvalue weighted by Crippen LogP contribution is 2.49. The average molecular weight is 745 g/mol. The van der Waals surface area contributed by atoms with Crippen LogP contribution in [0.1, 0.15) is 93.1 Å². The van der Waals surface area contributed by atoms with Gasteiger partial charge in [0.2, 0.25) is 11.7 Å². The number of carbonyl (C=O) groups excluding carboxylic acids is 3. The van der Waals surface area contributed by atoms with Gasteiger partial charge in [0.25, 0.3) is 11.8 Å². The molecule has 2 aliphatic heterocycles. The van der Waals surface area contributed by atoms with E-state index in [0.29, 0.717) is 52.4 Å². The lowest BCUT2D eigenvalue weighted by atomic mass is 9.85. The van der Waals surface area contributed by atoms with Crippen molar-refractivity contribution in [3.8, 4) is 29.2 Å². The molecule has 4 heterocycles. The summed E-state index contributed by atoms with van der Waals surface area (Å²) in [6, 6.07) is 13.0. The van der Waals surface area contributed by atoms with Crippen LogP contribution in [0, 0.1) is 17.2 Å². The normalized spacial score (nSPS) is 18.5. The smallest absolute Gasteiger partial charge is 0.328 e. The van der Waals surface area contributed by atoms with Gasteiger partial charge in [-0.05, 0) is 95.5 Å². The van der Waals surface area contributed by atoms with Gasteiger partial charge in [-0.15, -0.1) is 0 Å². The van der Waals surface area contributed by atoms with Crippen molar-refractivity contribution in [2.75, 3.05) is 36.9 Å². The van der Waals surface area contributed by atoms with Crippen molar-refractivity contribution in [2.45, 2.75) is 83.7 Å². The maximum absolute atomic E-state index is 13.7. The second kappa shape index (κ2) is 16.3. The number of fused-ring (bicyclic) bond motifs is 3. The molecule has 2 aromatic heterocycles. The zero-order chi connectivity index (χ0) is 38.6. The third-order valence-corrected chi connectivity index (χ3v) is 10.9. The van der Waals surface area contributed by atoms with Gasteiger partial charge in [0.1, 0.15) is 0 Å². The Hall–Kier alpha value is -5.74. The second-order valence-corrected chi connectivity index (χ2v) is 15.2. The van der Waals surface area contributed by atoms with Gasteiger partial charge >= 0.3 is 6.03 Å². The Morgan fingerprint density at radius 2 is 1.89 bits per heavy atom. The predicted molar refractivity (Wildman–Crippen MR) is 210 cm³/mol. The van der Waals surface area contributed by atoms with E-state index in [-0.39, 0.29) is 36.2 Å². The number of hydrogen-bond donors (Lipinski definition) is 3. The SMILES string of the molecule is CCC(CCN(C)CC1CCC(NC(=O)c2cnc3c(c2NC(C)C)Oc2cc(C#N)ccc2O3)CC1)c1cccc2c(N3CCC(=O)NC3=O)cncc12. The van der Waals surface area contributed by atoms with Crippen LogP contribution < -0.4 is 30.3 Å². The maximum Gasteiger partial charge on any atom is 0.328 e. The Morgan fingerprint density at radius 1 is 1.07 bits per heavy atom. The lowest BCUT2D eigenvalue weighted by molar-refractivity contribution is -0.120. The van der Waals surface area contributed by atoms with E-state index in [9.17, 15) is 19.6 Å². The molecule has 2 aromatic carbocycles. The second-order valence-electron chi connectivity index (χ2n) is 15.2. The quantitative estimate of drug-likeness (QED) is 0.117. The molecule has 3 aliphatic rings. The average Bonchev–Trinajstić information content (AvgIpc) is 3.17. The molecule has 4 amide bonds. The molecule has 286 valence electrons. The fourth-order valence-electron chi connectivity index (χ4n) is 8.01. The number of urea groups is 1. The van der Waals surface area contributed by atoms with Crippen LogP contribution in [0.2, 0.25) is 0 Å². The number of imide groups is 1. The van der Waals surface area contributed by atoms with Crippen LogP contribution >= 0.6 is 0 Å². The zero-order valence-electron chi connectivity index (χ0n) is 31.9. The molecule has 1 atom stereocenters. The molecule has 1 saturated carbocycles. The topological polar surface area (TPSA) is 162 Å². The minimum absolute atomic E-state index is 0.00798. The van der Waals surface area contributed by atoms with Crippen LogP contribution in [0.25, 0.3) is 10.8 Å². The highest BCUT2D eigenvalue weighted by atomic mass is 16.6. The number of anilines is 2. The molecule has 55 heavy (non-hydrogen) atoms. The summed E-state index contributed by atoms with van der Waals surface area (Å²) in [5.41, 5.74) is 3.29. The Morgan fingerprint density at radius 3 is 2.64 bits per heavy atom. The summed E-state index contributed by atoms with van der Waals surface area (Å²) in [5, 5.41) is 20.4. The van der Waals surface area contributed by atoms with Crippen molar-refractivity contribution in [1.82, 2.24) is 25.5 Å². The molecule has 0 radical (unpaired) electrons. The number of carbonyl (C=O) groups is 3. The van der Waals surface area contributed by atoms with E-state index in [2.05, 4.69) is 63.0 Å². The third-order valence-electron chi connectivity index (χ3n) is 10.9. The highest BCUT2D eigenvalue weighted by molar-refractivity contribution is 6.10. The van der Waals surface area contributed by atoms with Crippen LogP contribution in [0.15, 0.2) is 55.0 Å². The highest BCUT2D eigenvalue weighted by Gasteiger charge is 2.31. The van der Waals surface area contributed by atoms with Gasteiger partial charge in [-0.25, -0.2) is 9.78 Å². The van der Waals surface area contributed by atoms with Gasteiger partial charge in [-0.3, -0.25) is 24.8 Å². The molecule has 1 saturated heterocycles. The van der Waals surface area contributed by atoms with Gasteiger partial charge in [0, 0.05) is 60.8 Å². The number of pyridine rings is 2. The number of nitriles is 1. The van der Waals surface area contributed by atoms with Crippen LogP contribution in [-0.2, 0) is 4.79 Å². The molecule has 3 N–H and O–H groups in total. The minimum atomic E-state index is -0.407. The van der Waals surface area contributed by atoms with Crippen molar-refractivity contribution in [3.05, 3.63) is 71.7 Å². The largest absolute Gasteiger partial charge is 0.445 e. The molecule has 1 unspecified atom stereocenters. The summed E-state index contributed by atoms with van der Waals surface area (Å²) >= 11 is 0. The monoisotopic (exact) mass is 744 g/mol. The van der Waals surface area contributed by atoms with E-state index in [4.69, 9.17) is 9.47 Å². The third kappa shape index (κ3) is 8.19. The number of benzene rings is 2. The summed E-state index contributed by atoms with van der Waals surface area (Å²) in [7, 11) is 2.19. The number of amides is 4. The number of aromatic nitrogens is 2. The summed E-state index contributed by atoms with van der Waals surface area (Å²) in [6.45, 7) is 8.46. The Kier molecular flexibility index (Phi) is 11.2. The molecule has 13 heteroatoms. The van der Waals surface area contributed by atoms with Crippen molar-refractivity contribution in [1.29, 1.82) is 5.26 Å². The van der Waals surface area contributed by atoms with Crippen LogP contribution in [0.4, 0.5) is 16.2 Å².